The Balaban J connectivity index is 2.14. The molecule has 1 aromatic rings. The van der Waals surface area contributed by atoms with Gasteiger partial charge in [-0.2, -0.15) is 0 Å². The summed E-state index contributed by atoms with van der Waals surface area (Å²) in [4.78, 5) is 0. The van der Waals surface area contributed by atoms with Gasteiger partial charge in [0.05, 0.1) is 13.2 Å². The van der Waals surface area contributed by atoms with E-state index < -0.39 is 0 Å². The van der Waals surface area contributed by atoms with Crippen LogP contribution in [0, 0.1) is 13.8 Å². The zero-order valence-electron chi connectivity index (χ0n) is 11.5. The lowest BCUT2D eigenvalue weighted by atomic mass is 9.95. The number of benzene rings is 1. The molecule has 100 valence electrons. The van der Waals surface area contributed by atoms with E-state index in [4.69, 9.17) is 9.47 Å². The first-order valence-corrected chi connectivity index (χ1v) is 6.75. The Morgan fingerprint density at radius 2 is 2.00 bits per heavy atom. The number of hydrogen-bond donors (Lipinski definition) is 1. The average molecular weight is 249 g/mol. The van der Waals surface area contributed by atoms with Gasteiger partial charge >= 0.3 is 0 Å². The predicted molar refractivity (Wildman–Crippen MR) is 72.6 cm³/mol. The Morgan fingerprint density at radius 3 is 2.67 bits per heavy atom. The molecule has 1 heterocycles. The first-order chi connectivity index (χ1) is 8.72. The van der Waals surface area contributed by atoms with Crippen LogP contribution >= 0.6 is 0 Å². The van der Waals surface area contributed by atoms with Crippen molar-refractivity contribution in [3.63, 3.8) is 0 Å². The third-order valence-corrected chi connectivity index (χ3v) is 3.59. The molecule has 0 saturated carbocycles. The van der Waals surface area contributed by atoms with Crippen molar-refractivity contribution in [3.05, 3.63) is 34.9 Å². The molecule has 1 saturated heterocycles. The highest BCUT2D eigenvalue weighted by atomic mass is 16.7. The van der Waals surface area contributed by atoms with Gasteiger partial charge in [0.1, 0.15) is 0 Å². The van der Waals surface area contributed by atoms with E-state index in [1.807, 2.05) is 0 Å². The molecule has 1 N–H and O–H groups in total. The topological polar surface area (TPSA) is 30.5 Å². The fourth-order valence-electron chi connectivity index (χ4n) is 2.45. The van der Waals surface area contributed by atoms with Crippen LogP contribution in [0.2, 0.25) is 0 Å². The second-order valence-corrected chi connectivity index (χ2v) is 4.81. The average Bonchev–Trinajstić information content (AvgIpc) is 2.85. The van der Waals surface area contributed by atoms with Gasteiger partial charge in [-0.25, -0.2) is 0 Å². The highest BCUT2D eigenvalue weighted by Gasteiger charge is 2.23. The lowest BCUT2D eigenvalue weighted by Crippen LogP contribution is -2.26. The molecular weight excluding hydrogens is 226 g/mol. The monoisotopic (exact) mass is 249 g/mol. The number of aryl methyl sites for hydroxylation is 1. The van der Waals surface area contributed by atoms with Crippen LogP contribution in [0.15, 0.2) is 18.2 Å². The van der Waals surface area contributed by atoms with E-state index in [-0.39, 0.29) is 6.29 Å². The predicted octanol–water partition coefficient (Wildman–Crippen LogP) is 2.72. The van der Waals surface area contributed by atoms with Gasteiger partial charge in [0, 0.05) is 12.5 Å². The first kappa shape index (κ1) is 13.5. The first-order valence-electron chi connectivity index (χ1n) is 6.75. The van der Waals surface area contributed by atoms with Crippen LogP contribution in [0.3, 0.4) is 0 Å². The van der Waals surface area contributed by atoms with Crippen LogP contribution in [0.4, 0.5) is 0 Å². The molecule has 2 rings (SSSR count). The van der Waals surface area contributed by atoms with Crippen LogP contribution in [0.5, 0.6) is 0 Å². The van der Waals surface area contributed by atoms with E-state index in [0.717, 1.165) is 26.2 Å². The molecule has 3 nitrogen and oxygen atoms in total. The lowest BCUT2D eigenvalue weighted by molar-refractivity contribution is -0.0529. The van der Waals surface area contributed by atoms with Gasteiger partial charge in [-0.3, -0.25) is 0 Å². The Morgan fingerprint density at radius 1 is 1.28 bits per heavy atom. The maximum Gasteiger partial charge on any atom is 0.159 e. The van der Waals surface area contributed by atoms with Gasteiger partial charge in [0.15, 0.2) is 6.29 Å². The summed E-state index contributed by atoms with van der Waals surface area (Å²) in [6.07, 6.45) is 0.812. The van der Waals surface area contributed by atoms with Gasteiger partial charge in [-0.05, 0) is 37.1 Å². The minimum atomic E-state index is -0.0611. The molecule has 1 unspecified atom stereocenters. The maximum absolute atomic E-state index is 5.56. The van der Waals surface area contributed by atoms with Crippen molar-refractivity contribution < 1.29 is 9.47 Å². The van der Waals surface area contributed by atoms with Crippen molar-refractivity contribution in [2.75, 3.05) is 19.8 Å². The molecule has 3 heteroatoms. The Kier molecular flexibility index (Phi) is 4.75. The summed E-state index contributed by atoms with van der Waals surface area (Å²) in [6, 6.07) is 6.78. The van der Waals surface area contributed by atoms with Crippen LogP contribution in [0.1, 0.15) is 36.1 Å². The smallest absolute Gasteiger partial charge is 0.159 e. The Hall–Kier alpha value is -0.900. The summed E-state index contributed by atoms with van der Waals surface area (Å²) in [5.41, 5.74) is 4.06. The zero-order chi connectivity index (χ0) is 13.0. The third kappa shape index (κ3) is 3.10. The number of ether oxygens (including phenoxy) is 2. The number of hydrogen-bond acceptors (Lipinski definition) is 3. The highest BCUT2D eigenvalue weighted by molar-refractivity contribution is 5.35. The molecule has 0 aliphatic carbocycles. The standard InChI is InChI=1S/C15H23NO2/c1-4-16-14(10-15-17-8-9-18-15)13-7-5-6-11(2)12(13)3/h5-7,14-16H,4,8-10H2,1-3H3. The van der Waals surface area contributed by atoms with Crippen molar-refractivity contribution in [1.29, 1.82) is 0 Å². The minimum Gasteiger partial charge on any atom is -0.350 e. The molecule has 1 aliphatic rings. The van der Waals surface area contributed by atoms with E-state index in [1.54, 1.807) is 0 Å². The van der Waals surface area contributed by atoms with E-state index >= 15 is 0 Å². The Labute approximate surface area is 109 Å². The second-order valence-electron chi connectivity index (χ2n) is 4.81. The lowest BCUT2D eigenvalue weighted by Gasteiger charge is -2.23. The van der Waals surface area contributed by atoms with Crippen molar-refractivity contribution in [1.82, 2.24) is 5.32 Å². The van der Waals surface area contributed by atoms with Crippen molar-refractivity contribution in [3.8, 4) is 0 Å². The van der Waals surface area contributed by atoms with Crippen LogP contribution in [0.25, 0.3) is 0 Å². The molecule has 0 bridgehead atoms. The van der Waals surface area contributed by atoms with E-state index in [9.17, 15) is 0 Å². The molecule has 1 aromatic carbocycles. The Bertz CT molecular complexity index is 386. The molecule has 0 aromatic heterocycles. The SMILES string of the molecule is CCNC(CC1OCCO1)c1cccc(C)c1C. The molecule has 0 spiro atoms. The van der Waals surface area contributed by atoms with Gasteiger partial charge in [-0.1, -0.05) is 25.1 Å². The zero-order valence-corrected chi connectivity index (χ0v) is 11.5. The second kappa shape index (κ2) is 6.32. The summed E-state index contributed by atoms with van der Waals surface area (Å²) < 4.78 is 11.1. The normalized spacial score (nSPS) is 18.2. The van der Waals surface area contributed by atoms with E-state index in [1.165, 1.54) is 16.7 Å². The summed E-state index contributed by atoms with van der Waals surface area (Å²) in [6.45, 7) is 8.86. The summed E-state index contributed by atoms with van der Waals surface area (Å²) in [5, 5.41) is 3.53. The van der Waals surface area contributed by atoms with Gasteiger partial charge in [0.25, 0.3) is 0 Å². The number of rotatable bonds is 5. The molecular formula is C15H23NO2. The third-order valence-electron chi connectivity index (χ3n) is 3.59. The van der Waals surface area contributed by atoms with Crippen LogP contribution in [-0.2, 0) is 9.47 Å². The molecule has 0 radical (unpaired) electrons. The molecule has 1 atom stereocenters. The fraction of sp³-hybridized carbons (Fsp3) is 0.600. The van der Waals surface area contributed by atoms with Crippen molar-refractivity contribution in [2.45, 2.75) is 39.5 Å². The van der Waals surface area contributed by atoms with Gasteiger partial charge in [-0.15, -0.1) is 0 Å². The van der Waals surface area contributed by atoms with Gasteiger partial charge < -0.3 is 14.8 Å². The van der Waals surface area contributed by atoms with Crippen LogP contribution < -0.4 is 5.32 Å². The quantitative estimate of drug-likeness (QED) is 0.870. The van der Waals surface area contributed by atoms with Gasteiger partial charge in [0.2, 0.25) is 0 Å². The molecule has 1 fully saturated rings. The fourth-order valence-corrected chi connectivity index (χ4v) is 2.45. The summed E-state index contributed by atoms with van der Waals surface area (Å²) in [5.74, 6) is 0. The van der Waals surface area contributed by atoms with Crippen molar-refractivity contribution in [2.24, 2.45) is 0 Å². The van der Waals surface area contributed by atoms with E-state index in [2.05, 4.69) is 44.3 Å². The van der Waals surface area contributed by atoms with E-state index in [0.29, 0.717) is 6.04 Å². The minimum absolute atomic E-state index is 0.0611. The summed E-state index contributed by atoms with van der Waals surface area (Å²) in [7, 11) is 0. The highest BCUT2D eigenvalue weighted by Crippen LogP contribution is 2.26. The van der Waals surface area contributed by atoms with Crippen molar-refractivity contribution >= 4 is 0 Å². The molecule has 0 amide bonds. The van der Waals surface area contributed by atoms with Crippen LogP contribution in [-0.4, -0.2) is 26.0 Å². The number of nitrogens with one attached hydrogen (secondary N) is 1. The molecule has 18 heavy (non-hydrogen) atoms. The summed E-state index contributed by atoms with van der Waals surface area (Å²) >= 11 is 0. The maximum atomic E-state index is 5.56. The molecule has 1 aliphatic heterocycles. The largest absolute Gasteiger partial charge is 0.350 e.